The molecule has 1 heterocycles. The van der Waals surface area contributed by atoms with E-state index in [1.165, 1.54) is 0 Å². The largest absolute Gasteiger partial charge is 0.496 e. The number of methoxy groups -OCH3 is 1. The highest BCUT2D eigenvalue weighted by Gasteiger charge is 2.12. The SMILES string of the molecule is CCOc1ccc(CCNC(=O)c2cnc(NCc3ccccc3OC)nc2C)cc1. The molecule has 0 atom stereocenters. The summed E-state index contributed by atoms with van der Waals surface area (Å²) in [4.78, 5) is 21.2. The molecule has 1 aromatic heterocycles. The van der Waals surface area contributed by atoms with Gasteiger partial charge in [-0.15, -0.1) is 0 Å². The molecular weight excluding hydrogens is 392 g/mol. The normalized spacial score (nSPS) is 10.4. The lowest BCUT2D eigenvalue weighted by Crippen LogP contribution is -2.27. The average Bonchev–Trinajstić information content (AvgIpc) is 2.79. The molecule has 0 saturated heterocycles. The fourth-order valence-corrected chi connectivity index (χ4v) is 3.13. The van der Waals surface area contributed by atoms with Crippen LogP contribution in [0.1, 0.15) is 34.1 Å². The number of anilines is 1. The first kappa shape index (κ1) is 22.1. The van der Waals surface area contributed by atoms with E-state index in [4.69, 9.17) is 9.47 Å². The number of nitrogens with zero attached hydrogens (tertiary/aromatic N) is 2. The third kappa shape index (κ3) is 6.18. The van der Waals surface area contributed by atoms with Gasteiger partial charge in [0.05, 0.1) is 25.0 Å². The maximum atomic E-state index is 12.5. The van der Waals surface area contributed by atoms with Crippen molar-refractivity contribution in [3.05, 3.63) is 77.1 Å². The Bertz CT molecular complexity index is 1010. The summed E-state index contributed by atoms with van der Waals surface area (Å²) < 4.78 is 10.8. The predicted molar refractivity (Wildman–Crippen MR) is 121 cm³/mol. The fraction of sp³-hybridized carbons (Fsp3) is 0.292. The summed E-state index contributed by atoms with van der Waals surface area (Å²) in [5, 5.41) is 6.11. The van der Waals surface area contributed by atoms with Crippen LogP contribution >= 0.6 is 0 Å². The first-order valence-electron chi connectivity index (χ1n) is 10.3. The molecule has 3 rings (SSSR count). The molecule has 2 aromatic carbocycles. The second kappa shape index (κ2) is 11.0. The fourth-order valence-electron chi connectivity index (χ4n) is 3.13. The summed E-state index contributed by atoms with van der Waals surface area (Å²) >= 11 is 0. The van der Waals surface area contributed by atoms with Crippen molar-refractivity contribution in [3.8, 4) is 11.5 Å². The van der Waals surface area contributed by atoms with Gasteiger partial charge in [-0.05, 0) is 44.0 Å². The summed E-state index contributed by atoms with van der Waals surface area (Å²) in [6, 6.07) is 15.7. The van der Waals surface area contributed by atoms with Crippen molar-refractivity contribution in [2.24, 2.45) is 0 Å². The number of ether oxygens (including phenoxy) is 2. The van der Waals surface area contributed by atoms with Gasteiger partial charge in [0, 0.05) is 24.8 Å². The molecule has 0 aliphatic rings. The minimum Gasteiger partial charge on any atom is -0.496 e. The minimum atomic E-state index is -0.181. The van der Waals surface area contributed by atoms with Crippen LogP contribution in [-0.2, 0) is 13.0 Å². The molecule has 7 nitrogen and oxygen atoms in total. The molecule has 0 bridgehead atoms. The van der Waals surface area contributed by atoms with E-state index in [1.807, 2.05) is 55.5 Å². The van der Waals surface area contributed by atoms with Crippen LogP contribution in [0.15, 0.2) is 54.7 Å². The number of carbonyl (C=O) groups excluding carboxylic acids is 1. The number of hydrogen-bond donors (Lipinski definition) is 2. The summed E-state index contributed by atoms with van der Waals surface area (Å²) in [7, 11) is 1.64. The number of carbonyl (C=O) groups is 1. The summed E-state index contributed by atoms with van der Waals surface area (Å²) in [5.41, 5.74) is 3.22. The molecule has 3 aromatic rings. The molecule has 7 heteroatoms. The zero-order valence-electron chi connectivity index (χ0n) is 18.1. The van der Waals surface area contributed by atoms with Crippen molar-refractivity contribution in [2.45, 2.75) is 26.8 Å². The molecule has 0 aliphatic carbocycles. The maximum absolute atomic E-state index is 12.5. The number of nitrogens with one attached hydrogen (secondary N) is 2. The molecule has 0 fully saturated rings. The van der Waals surface area contributed by atoms with Crippen LogP contribution in [0.4, 0.5) is 5.95 Å². The molecule has 1 amide bonds. The van der Waals surface area contributed by atoms with Gasteiger partial charge in [-0.25, -0.2) is 9.97 Å². The highest BCUT2D eigenvalue weighted by atomic mass is 16.5. The molecule has 0 radical (unpaired) electrons. The van der Waals surface area contributed by atoms with Gasteiger partial charge < -0.3 is 20.1 Å². The van der Waals surface area contributed by atoms with E-state index < -0.39 is 0 Å². The van der Waals surface area contributed by atoms with Crippen molar-refractivity contribution in [3.63, 3.8) is 0 Å². The van der Waals surface area contributed by atoms with Crippen LogP contribution in [0.3, 0.4) is 0 Å². The number of aromatic nitrogens is 2. The standard InChI is InChI=1S/C24H28N4O3/c1-4-31-20-11-9-18(10-12-20)13-14-25-23(29)21-16-27-24(28-17(21)2)26-15-19-7-5-6-8-22(19)30-3/h5-12,16H,4,13-15H2,1-3H3,(H,25,29)(H,26,27,28). The van der Waals surface area contributed by atoms with E-state index in [0.717, 1.165) is 29.0 Å². The lowest BCUT2D eigenvalue weighted by atomic mass is 10.1. The Morgan fingerprint density at radius 2 is 1.87 bits per heavy atom. The number of hydrogen-bond acceptors (Lipinski definition) is 6. The lowest BCUT2D eigenvalue weighted by molar-refractivity contribution is 0.0952. The first-order valence-corrected chi connectivity index (χ1v) is 10.3. The number of aryl methyl sites for hydroxylation is 1. The molecule has 0 spiro atoms. The van der Waals surface area contributed by atoms with Crippen LogP contribution in [0.25, 0.3) is 0 Å². The van der Waals surface area contributed by atoms with E-state index in [0.29, 0.717) is 36.9 Å². The van der Waals surface area contributed by atoms with Crippen LogP contribution < -0.4 is 20.1 Å². The van der Waals surface area contributed by atoms with Crippen LogP contribution in [0.2, 0.25) is 0 Å². The quantitative estimate of drug-likeness (QED) is 0.519. The Labute approximate surface area is 182 Å². The van der Waals surface area contributed by atoms with E-state index in [9.17, 15) is 4.79 Å². The van der Waals surface area contributed by atoms with E-state index in [2.05, 4.69) is 20.6 Å². The second-order valence-electron chi connectivity index (χ2n) is 6.94. The Morgan fingerprint density at radius 1 is 1.10 bits per heavy atom. The summed E-state index contributed by atoms with van der Waals surface area (Å²) in [5.74, 6) is 1.94. The van der Waals surface area contributed by atoms with Crippen molar-refractivity contribution in [1.82, 2.24) is 15.3 Å². The Morgan fingerprint density at radius 3 is 2.58 bits per heavy atom. The van der Waals surface area contributed by atoms with E-state index >= 15 is 0 Å². The van der Waals surface area contributed by atoms with Gasteiger partial charge in [-0.2, -0.15) is 0 Å². The van der Waals surface area contributed by atoms with E-state index in [1.54, 1.807) is 20.2 Å². The van der Waals surface area contributed by atoms with Crippen molar-refractivity contribution >= 4 is 11.9 Å². The molecule has 2 N–H and O–H groups in total. The molecule has 0 unspecified atom stereocenters. The maximum Gasteiger partial charge on any atom is 0.254 e. The highest BCUT2D eigenvalue weighted by molar-refractivity contribution is 5.94. The monoisotopic (exact) mass is 420 g/mol. The van der Waals surface area contributed by atoms with Crippen molar-refractivity contribution in [2.75, 3.05) is 25.6 Å². The van der Waals surface area contributed by atoms with Crippen LogP contribution in [0.5, 0.6) is 11.5 Å². The van der Waals surface area contributed by atoms with Gasteiger partial charge in [-0.3, -0.25) is 4.79 Å². The smallest absolute Gasteiger partial charge is 0.254 e. The van der Waals surface area contributed by atoms with Crippen molar-refractivity contribution in [1.29, 1.82) is 0 Å². The Hall–Kier alpha value is -3.61. The zero-order valence-corrected chi connectivity index (χ0v) is 18.1. The molecular formula is C24H28N4O3. The number of benzene rings is 2. The first-order chi connectivity index (χ1) is 15.1. The van der Waals surface area contributed by atoms with Gasteiger partial charge in [0.1, 0.15) is 11.5 Å². The molecule has 31 heavy (non-hydrogen) atoms. The van der Waals surface area contributed by atoms with Gasteiger partial charge in [0.15, 0.2) is 0 Å². The van der Waals surface area contributed by atoms with Gasteiger partial charge in [0.2, 0.25) is 5.95 Å². The molecule has 162 valence electrons. The second-order valence-corrected chi connectivity index (χ2v) is 6.94. The zero-order chi connectivity index (χ0) is 22.1. The predicted octanol–water partition coefficient (Wildman–Crippen LogP) is 3.78. The summed E-state index contributed by atoms with van der Waals surface area (Å²) in [6.45, 7) is 5.46. The number of para-hydroxylation sites is 1. The van der Waals surface area contributed by atoms with Crippen LogP contribution in [0, 0.1) is 6.92 Å². The third-order valence-corrected chi connectivity index (χ3v) is 4.79. The molecule has 0 aliphatic heterocycles. The minimum absolute atomic E-state index is 0.181. The number of rotatable bonds is 10. The van der Waals surface area contributed by atoms with E-state index in [-0.39, 0.29) is 5.91 Å². The van der Waals surface area contributed by atoms with Crippen molar-refractivity contribution < 1.29 is 14.3 Å². The number of amides is 1. The van der Waals surface area contributed by atoms with Crippen LogP contribution in [-0.4, -0.2) is 36.1 Å². The average molecular weight is 421 g/mol. The topological polar surface area (TPSA) is 85.4 Å². The lowest BCUT2D eigenvalue weighted by Gasteiger charge is -2.11. The summed E-state index contributed by atoms with van der Waals surface area (Å²) in [6.07, 6.45) is 2.29. The highest BCUT2D eigenvalue weighted by Crippen LogP contribution is 2.18. The third-order valence-electron chi connectivity index (χ3n) is 4.79. The molecule has 0 saturated carbocycles. The Kier molecular flexibility index (Phi) is 7.81. The van der Waals surface area contributed by atoms with Gasteiger partial charge >= 0.3 is 0 Å². The Balaban J connectivity index is 1.52. The van der Waals surface area contributed by atoms with Gasteiger partial charge in [-0.1, -0.05) is 30.3 Å². The van der Waals surface area contributed by atoms with Gasteiger partial charge in [0.25, 0.3) is 5.91 Å².